The number of carbonyl (C=O) groups excluding carboxylic acids is 2. The van der Waals surface area contributed by atoms with Crippen molar-refractivity contribution >= 4 is 34.8 Å². The van der Waals surface area contributed by atoms with Gasteiger partial charge in [-0.25, -0.2) is 0 Å². The van der Waals surface area contributed by atoms with E-state index in [9.17, 15) is 9.59 Å². The molecule has 0 aromatic heterocycles. The summed E-state index contributed by atoms with van der Waals surface area (Å²) in [6.07, 6.45) is 0.211. The second kappa shape index (κ2) is 6.89. The van der Waals surface area contributed by atoms with Crippen molar-refractivity contribution in [2.45, 2.75) is 27.2 Å². The summed E-state index contributed by atoms with van der Waals surface area (Å²) >= 11 is 6.16. The first-order chi connectivity index (χ1) is 11.8. The van der Waals surface area contributed by atoms with Gasteiger partial charge in [-0.05, 0) is 61.7 Å². The quantitative estimate of drug-likeness (QED) is 0.893. The van der Waals surface area contributed by atoms with Crippen LogP contribution in [0.4, 0.5) is 11.4 Å². The van der Waals surface area contributed by atoms with E-state index in [-0.39, 0.29) is 24.2 Å². The van der Waals surface area contributed by atoms with E-state index >= 15 is 0 Å². The van der Waals surface area contributed by atoms with Crippen LogP contribution in [0.2, 0.25) is 5.02 Å². The summed E-state index contributed by atoms with van der Waals surface area (Å²) < 4.78 is 0. The van der Waals surface area contributed by atoms with E-state index < -0.39 is 0 Å². The molecule has 2 aromatic carbocycles. The maximum Gasteiger partial charge on any atom is 0.229 e. The number of anilines is 2. The number of amides is 2. The lowest BCUT2D eigenvalue weighted by Crippen LogP contribution is -2.28. The number of hydrogen-bond acceptors (Lipinski definition) is 2. The van der Waals surface area contributed by atoms with Gasteiger partial charge >= 0.3 is 0 Å². The number of rotatable bonds is 3. The summed E-state index contributed by atoms with van der Waals surface area (Å²) in [6.45, 7) is 6.24. The van der Waals surface area contributed by atoms with Gasteiger partial charge in [0.25, 0.3) is 0 Å². The third-order valence-corrected chi connectivity index (χ3v) is 4.92. The van der Waals surface area contributed by atoms with Gasteiger partial charge in [0, 0.05) is 29.4 Å². The van der Waals surface area contributed by atoms with Crippen molar-refractivity contribution in [2.24, 2.45) is 5.92 Å². The number of halogens is 1. The fraction of sp³-hybridized carbons (Fsp3) is 0.300. The van der Waals surface area contributed by atoms with E-state index in [0.29, 0.717) is 11.6 Å². The van der Waals surface area contributed by atoms with Crippen molar-refractivity contribution in [1.82, 2.24) is 0 Å². The first-order valence-corrected chi connectivity index (χ1v) is 8.67. The Morgan fingerprint density at radius 2 is 1.84 bits per heavy atom. The van der Waals surface area contributed by atoms with Crippen LogP contribution in [0.25, 0.3) is 0 Å². The predicted octanol–water partition coefficient (Wildman–Crippen LogP) is 4.26. The van der Waals surface area contributed by atoms with Crippen LogP contribution >= 0.6 is 11.6 Å². The number of nitrogens with one attached hydrogen (secondary N) is 1. The van der Waals surface area contributed by atoms with E-state index in [1.165, 1.54) is 0 Å². The third kappa shape index (κ3) is 3.69. The van der Waals surface area contributed by atoms with Gasteiger partial charge in [-0.3, -0.25) is 9.59 Å². The molecule has 4 nitrogen and oxygen atoms in total. The molecule has 1 heterocycles. The van der Waals surface area contributed by atoms with Crippen LogP contribution in [0.3, 0.4) is 0 Å². The van der Waals surface area contributed by atoms with Crippen LogP contribution in [0.1, 0.15) is 23.1 Å². The molecule has 5 heteroatoms. The summed E-state index contributed by atoms with van der Waals surface area (Å²) in [4.78, 5) is 26.7. The summed E-state index contributed by atoms with van der Waals surface area (Å²) in [7, 11) is 0. The van der Waals surface area contributed by atoms with Gasteiger partial charge in [0.05, 0.1) is 5.92 Å². The van der Waals surface area contributed by atoms with Crippen molar-refractivity contribution in [3.8, 4) is 0 Å². The van der Waals surface area contributed by atoms with Gasteiger partial charge in [-0.2, -0.15) is 0 Å². The fourth-order valence-corrected chi connectivity index (χ4v) is 3.47. The molecule has 1 N–H and O–H groups in total. The Kier molecular flexibility index (Phi) is 4.82. The minimum Gasteiger partial charge on any atom is -0.326 e. The molecule has 1 aliphatic rings. The van der Waals surface area contributed by atoms with Gasteiger partial charge in [0.2, 0.25) is 11.8 Å². The molecule has 0 spiro atoms. The van der Waals surface area contributed by atoms with E-state index in [1.807, 2.05) is 45.0 Å². The maximum absolute atomic E-state index is 12.6. The van der Waals surface area contributed by atoms with Crippen molar-refractivity contribution in [3.05, 3.63) is 58.1 Å². The first-order valence-electron chi connectivity index (χ1n) is 8.30. The Morgan fingerprint density at radius 1 is 1.16 bits per heavy atom. The van der Waals surface area contributed by atoms with Crippen molar-refractivity contribution in [2.75, 3.05) is 16.8 Å². The molecule has 130 valence electrons. The SMILES string of the molecule is Cc1cc(C)cc(NC(=O)C2CC(=O)N(c3cccc(Cl)c3C)C2)c1. The highest BCUT2D eigenvalue weighted by molar-refractivity contribution is 6.31. The minimum atomic E-state index is -0.369. The number of hydrogen-bond donors (Lipinski definition) is 1. The Balaban J connectivity index is 1.75. The monoisotopic (exact) mass is 356 g/mol. The predicted molar refractivity (Wildman–Crippen MR) is 101 cm³/mol. The van der Waals surface area contributed by atoms with Crippen LogP contribution < -0.4 is 10.2 Å². The number of benzene rings is 2. The summed E-state index contributed by atoms with van der Waals surface area (Å²) in [5.74, 6) is -0.543. The van der Waals surface area contributed by atoms with E-state index in [0.717, 1.165) is 28.1 Å². The largest absolute Gasteiger partial charge is 0.326 e. The average molecular weight is 357 g/mol. The van der Waals surface area contributed by atoms with Gasteiger partial charge in [-0.15, -0.1) is 0 Å². The zero-order chi connectivity index (χ0) is 18.1. The molecule has 1 saturated heterocycles. The second-order valence-corrected chi connectivity index (χ2v) is 7.06. The Labute approximate surface area is 152 Å². The average Bonchev–Trinajstić information content (AvgIpc) is 2.91. The standard InChI is InChI=1S/C20H21ClN2O2/c1-12-7-13(2)9-16(8-12)22-20(25)15-10-19(24)23(11-15)18-6-4-5-17(21)14(18)3/h4-9,15H,10-11H2,1-3H3,(H,22,25). The molecule has 25 heavy (non-hydrogen) atoms. The van der Waals surface area contributed by atoms with Crippen LogP contribution in [0.5, 0.6) is 0 Å². The Hall–Kier alpha value is -2.33. The number of carbonyl (C=O) groups is 2. The van der Waals surface area contributed by atoms with Crippen LogP contribution in [-0.4, -0.2) is 18.4 Å². The second-order valence-electron chi connectivity index (χ2n) is 6.65. The molecule has 0 aliphatic carbocycles. The van der Waals surface area contributed by atoms with Gasteiger partial charge in [-0.1, -0.05) is 23.7 Å². The third-order valence-electron chi connectivity index (χ3n) is 4.51. The van der Waals surface area contributed by atoms with Crippen molar-refractivity contribution < 1.29 is 9.59 Å². The lowest BCUT2D eigenvalue weighted by atomic mass is 10.1. The fourth-order valence-electron chi connectivity index (χ4n) is 3.30. The highest BCUT2D eigenvalue weighted by atomic mass is 35.5. The van der Waals surface area contributed by atoms with E-state index in [4.69, 9.17) is 11.6 Å². The van der Waals surface area contributed by atoms with Gasteiger partial charge in [0.1, 0.15) is 0 Å². The zero-order valence-corrected chi connectivity index (χ0v) is 15.4. The molecule has 2 amide bonds. The molecule has 1 atom stereocenters. The lowest BCUT2D eigenvalue weighted by Gasteiger charge is -2.19. The topological polar surface area (TPSA) is 49.4 Å². The molecule has 0 saturated carbocycles. The van der Waals surface area contributed by atoms with Crippen LogP contribution in [0.15, 0.2) is 36.4 Å². The maximum atomic E-state index is 12.6. The number of aryl methyl sites for hydroxylation is 2. The van der Waals surface area contributed by atoms with Gasteiger partial charge < -0.3 is 10.2 Å². The molecule has 0 bridgehead atoms. The smallest absolute Gasteiger partial charge is 0.229 e. The molecule has 0 radical (unpaired) electrons. The molecule has 1 fully saturated rings. The van der Waals surface area contributed by atoms with Gasteiger partial charge in [0.15, 0.2) is 0 Å². The Morgan fingerprint density at radius 3 is 2.52 bits per heavy atom. The highest BCUT2D eigenvalue weighted by Gasteiger charge is 2.35. The highest BCUT2D eigenvalue weighted by Crippen LogP contribution is 2.31. The molecular formula is C20H21ClN2O2. The molecule has 1 unspecified atom stereocenters. The molecule has 2 aromatic rings. The molecule has 3 rings (SSSR count). The summed E-state index contributed by atoms with van der Waals surface area (Å²) in [6, 6.07) is 11.4. The Bertz CT molecular complexity index is 827. The summed E-state index contributed by atoms with van der Waals surface area (Å²) in [5, 5.41) is 3.56. The van der Waals surface area contributed by atoms with Crippen LogP contribution in [-0.2, 0) is 9.59 Å². The van der Waals surface area contributed by atoms with Crippen molar-refractivity contribution in [1.29, 1.82) is 0 Å². The van der Waals surface area contributed by atoms with Crippen molar-refractivity contribution in [3.63, 3.8) is 0 Å². The molecule has 1 aliphatic heterocycles. The first kappa shape index (κ1) is 17.5. The van der Waals surface area contributed by atoms with Crippen LogP contribution in [0, 0.1) is 26.7 Å². The lowest BCUT2D eigenvalue weighted by molar-refractivity contribution is -0.122. The number of nitrogens with zero attached hydrogens (tertiary/aromatic N) is 1. The normalized spacial score (nSPS) is 17.0. The molecular weight excluding hydrogens is 336 g/mol. The zero-order valence-electron chi connectivity index (χ0n) is 14.6. The van der Waals surface area contributed by atoms with E-state index in [1.54, 1.807) is 11.0 Å². The van der Waals surface area contributed by atoms with E-state index in [2.05, 4.69) is 11.4 Å². The minimum absolute atomic E-state index is 0.0501. The summed E-state index contributed by atoms with van der Waals surface area (Å²) in [5.41, 5.74) is 4.59.